The van der Waals surface area contributed by atoms with Crippen LogP contribution in [0.15, 0.2) is 41.3 Å². The molecule has 106 valence electrons. The summed E-state index contributed by atoms with van der Waals surface area (Å²) in [7, 11) is -3.63. The highest BCUT2D eigenvalue weighted by atomic mass is 127. The van der Waals surface area contributed by atoms with Crippen LogP contribution in [0.25, 0.3) is 0 Å². The zero-order chi connectivity index (χ0) is 14.9. The average Bonchev–Trinajstić information content (AvgIpc) is 2.36. The molecule has 0 saturated heterocycles. The van der Waals surface area contributed by atoms with Crippen molar-refractivity contribution in [2.24, 2.45) is 0 Å². The van der Waals surface area contributed by atoms with Crippen LogP contribution in [0, 0.1) is 17.4 Å². The van der Waals surface area contributed by atoms with Crippen LogP contribution in [0.3, 0.4) is 0 Å². The maximum absolute atomic E-state index is 12.4. The molecule has 0 atom stereocenters. The molecule has 3 N–H and O–H groups in total. The molecular weight excluding hydrogens is 387 g/mol. The summed E-state index contributed by atoms with van der Waals surface area (Å²) in [5.41, 5.74) is 8.28. The summed E-state index contributed by atoms with van der Waals surface area (Å²) < 4.78 is 28.5. The fourth-order valence-electron chi connectivity index (χ4n) is 1.86. The molecule has 0 spiro atoms. The minimum absolute atomic E-state index is 0.216. The Bertz CT molecular complexity index is 741. The molecule has 0 unspecified atom stereocenters. The van der Waals surface area contributed by atoms with Crippen molar-refractivity contribution in [3.05, 3.63) is 51.1 Å². The zero-order valence-electron chi connectivity index (χ0n) is 11.1. The molecule has 2 rings (SSSR count). The minimum Gasteiger partial charge on any atom is -0.399 e. The summed E-state index contributed by atoms with van der Waals surface area (Å²) in [6, 6.07) is 10.4. The lowest BCUT2D eigenvalue weighted by atomic mass is 10.1. The molecule has 0 heterocycles. The van der Waals surface area contributed by atoms with Gasteiger partial charge in [0.1, 0.15) is 0 Å². The van der Waals surface area contributed by atoms with Gasteiger partial charge in [-0.25, -0.2) is 8.42 Å². The van der Waals surface area contributed by atoms with E-state index in [-0.39, 0.29) is 4.90 Å². The van der Waals surface area contributed by atoms with Gasteiger partial charge in [0, 0.05) is 14.9 Å². The number of anilines is 2. The summed E-state index contributed by atoms with van der Waals surface area (Å²) in [6.07, 6.45) is 0. The topological polar surface area (TPSA) is 72.2 Å². The maximum atomic E-state index is 12.4. The maximum Gasteiger partial charge on any atom is 0.262 e. The second-order valence-electron chi connectivity index (χ2n) is 4.57. The number of halogens is 1. The van der Waals surface area contributed by atoms with Gasteiger partial charge in [-0.3, -0.25) is 4.72 Å². The number of nitrogen functional groups attached to an aromatic ring is 1. The fourth-order valence-corrected chi connectivity index (χ4v) is 3.63. The SMILES string of the molecule is Cc1cc(N)cc(S(=O)(=O)Nc2ccc(I)cc2)c1C. The zero-order valence-corrected chi connectivity index (χ0v) is 14.1. The molecule has 0 amide bonds. The predicted octanol–water partition coefficient (Wildman–Crippen LogP) is 3.29. The lowest BCUT2D eigenvalue weighted by molar-refractivity contribution is 0.600. The van der Waals surface area contributed by atoms with E-state index in [2.05, 4.69) is 27.3 Å². The Hall–Kier alpha value is -1.28. The molecule has 0 aliphatic rings. The lowest BCUT2D eigenvalue weighted by Crippen LogP contribution is -2.15. The van der Waals surface area contributed by atoms with Crippen LogP contribution in [-0.4, -0.2) is 8.42 Å². The molecule has 2 aromatic rings. The summed E-state index contributed by atoms with van der Waals surface area (Å²) in [5.74, 6) is 0. The quantitative estimate of drug-likeness (QED) is 0.612. The van der Waals surface area contributed by atoms with Gasteiger partial charge in [0.25, 0.3) is 10.0 Å². The first-order chi connectivity index (χ1) is 9.29. The minimum atomic E-state index is -3.63. The number of sulfonamides is 1. The van der Waals surface area contributed by atoms with Crippen LogP contribution < -0.4 is 10.5 Å². The third kappa shape index (κ3) is 3.24. The van der Waals surface area contributed by atoms with Gasteiger partial charge in [-0.1, -0.05) is 0 Å². The molecule has 0 aliphatic carbocycles. The number of rotatable bonds is 3. The summed E-state index contributed by atoms with van der Waals surface area (Å²) in [5, 5.41) is 0. The molecule has 4 nitrogen and oxygen atoms in total. The fraction of sp³-hybridized carbons (Fsp3) is 0.143. The first-order valence-corrected chi connectivity index (χ1v) is 8.51. The van der Waals surface area contributed by atoms with Crippen molar-refractivity contribution in [2.75, 3.05) is 10.5 Å². The van der Waals surface area contributed by atoms with Crippen molar-refractivity contribution >= 4 is 44.0 Å². The highest BCUT2D eigenvalue weighted by molar-refractivity contribution is 14.1. The number of benzene rings is 2. The Labute approximate surface area is 132 Å². The second kappa shape index (κ2) is 5.61. The molecule has 0 aliphatic heterocycles. The molecule has 0 fully saturated rings. The number of aryl methyl sites for hydroxylation is 1. The van der Waals surface area contributed by atoms with Crippen molar-refractivity contribution in [3.63, 3.8) is 0 Å². The summed E-state index contributed by atoms with van der Waals surface area (Å²) in [4.78, 5) is 0.216. The summed E-state index contributed by atoms with van der Waals surface area (Å²) >= 11 is 2.17. The van der Waals surface area contributed by atoms with E-state index in [1.54, 1.807) is 25.1 Å². The number of hydrogen-bond acceptors (Lipinski definition) is 3. The van der Waals surface area contributed by atoms with Crippen molar-refractivity contribution in [1.82, 2.24) is 0 Å². The van der Waals surface area contributed by atoms with Crippen LogP contribution in [0.5, 0.6) is 0 Å². The molecule has 2 aromatic carbocycles. The van der Waals surface area contributed by atoms with Gasteiger partial charge in [0.05, 0.1) is 4.90 Å². The van der Waals surface area contributed by atoms with Crippen molar-refractivity contribution in [3.8, 4) is 0 Å². The van der Waals surface area contributed by atoms with Gasteiger partial charge >= 0.3 is 0 Å². The number of nitrogens with one attached hydrogen (secondary N) is 1. The van der Waals surface area contributed by atoms with Crippen LogP contribution in [0.4, 0.5) is 11.4 Å². The lowest BCUT2D eigenvalue weighted by Gasteiger charge is -2.13. The molecule has 0 saturated carbocycles. The average molecular weight is 402 g/mol. The van der Waals surface area contributed by atoms with E-state index in [1.165, 1.54) is 6.07 Å². The van der Waals surface area contributed by atoms with Crippen LogP contribution in [0.2, 0.25) is 0 Å². The van der Waals surface area contributed by atoms with Crippen LogP contribution >= 0.6 is 22.6 Å². The van der Waals surface area contributed by atoms with E-state index in [0.29, 0.717) is 16.9 Å². The molecular formula is C14H15IN2O2S. The molecule has 6 heteroatoms. The Morgan fingerprint density at radius 1 is 1.10 bits per heavy atom. The third-order valence-corrected chi connectivity index (χ3v) is 5.25. The van der Waals surface area contributed by atoms with Gasteiger partial charge in [-0.15, -0.1) is 0 Å². The van der Waals surface area contributed by atoms with Crippen LogP contribution in [-0.2, 0) is 10.0 Å². The standard InChI is InChI=1S/C14H15IN2O2S/c1-9-7-12(16)8-14(10(9)2)20(18,19)17-13-5-3-11(15)4-6-13/h3-8,17H,16H2,1-2H3. The van der Waals surface area contributed by atoms with E-state index in [1.807, 2.05) is 19.1 Å². The van der Waals surface area contributed by atoms with E-state index in [9.17, 15) is 8.42 Å². The van der Waals surface area contributed by atoms with Gasteiger partial charge in [-0.2, -0.15) is 0 Å². The van der Waals surface area contributed by atoms with E-state index >= 15 is 0 Å². The largest absolute Gasteiger partial charge is 0.399 e. The van der Waals surface area contributed by atoms with Crippen molar-refractivity contribution in [2.45, 2.75) is 18.7 Å². The Morgan fingerprint density at radius 3 is 2.30 bits per heavy atom. The van der Waals surface area contributed by atoms with Crippen LogP contribution in [0.1, 0.15) is 11.1 Å². The molecule has 20 heavy (non-hydrogen) atoms. The Morgan fingerprint density at radius 2 is 1.70 bits per heavy atom. The highest BCUT2D eigenvalue weighted by Crippen LogP contribution is 2.24. The highest BCUT2D eigenvalue weighted by Gasteiger charge is 2.18. The van der Waals surface area contributed by atoms with E-state index < -0.39 is 10.0 Å². The third-order valence-electron chi connectivity index (χ3n) is 3.03. The van der Waals surface area contributed by atoms with Gasteiger partial charge < -0.3 is 5.73 Å². The normalized spacial score (nSPS) is 11.3. The van der Waals surface area contributed by atoms with Crippen molar-refractivity contribution < 1.29 is 8.42 Å². The van der Waals surface area contributed by atoms with Crippen molar-refractivity contribution in [1.29, 1.82) is 0 Å². The Kier molecular flexibility index (Phi) is 4.24. The first-order valence-electron chi connectivity index (χ1n) is 5.95. The Balaban J connectivity index is 2.43. The van der Waals surface area contributed by atoms with E-state index in [0.717, 1.165) is 9.13 Å². The van der Waals surface area contributed by atoms with Gasteiger partial charge in [0.2, 0.25) is 0 Å². The van der Waals surface area contributed by atoms with Gasteiger partial charge in [0.15, 0.2) is 0 Å². The number of nitrogens with two attached hydrogens (primary N) is 1. The second-order valence-corrected chi connectivity index (χ2v) is 7.47. The number of hydrogen-bond donors (Lipinski definition) is 2. The van der Waals surface area contributed by atoms with E-state index in [4.69, 9.17) is 5.73 Å². The summed E-state index contributed by atoms with van der Waals surface area (Å²) in [6.45, 7) is 3.62. The molecule has 0 radical (unpaired) electrons. The first kappa shape index (κ1) is 15.1. The predicted molar refractivity (Wildman–Crippen MR) is 90.3 cm³/mol. The smallest absolute Gasteiger partial charge is 0.262 e. The molecule has 0 aromatic heterocycles. The monoisotopic (exact) mass is 402 g/mol. The molecule has 0 bridgehead atoms. The van der Waals surface area contributed by atoms with Gasteiger partial charge in [-0.05, 0) is 84.0 Å².